The summed E-state index contributed by atoms with van der Waals surface area (Å²) >= 11 is 0. The van der Waals surface area contributed by atoms with Crippen LogP contribution in [0.15, 0.2) is 0 Å². The topological polar surface area (TPSA) is 0 Å². The molecule has 1 aliphatic carbocycles. The molecular formula is C16H31. The van der Waals surface area contributed by atoms with E-state index in [1.165, 1.54) is 89.9 Å². The first-order valence-corrected chi connectivity index (χ1v) is 7.71. The molecular weight excluding hydrogens is 192 g/mol. The second-order valence-corrected chi connectivity index (χ2v) is 5.70. The third-order valence-corrected chi connectivity index (χ3v) is 3.96. The first kappa shape index (κ1) is 14.1. The summed E-state index contributed by atoms with van der Waals surface area (Å²) < 4.78 is 0. The van der Waals surface area contributed by atoms with Crippen molar-refractivity contribution in [2.45, 2.75) is 96.8 Å². The quantitative estimate of drug-likeness (QED) is 0.468. The van der Waals surface area contributed by atoms with Gasteiger partial charge in [-0.1, -0.05) is 84.0 Å². The van der Waals surface area contributed by atoms with Gasteiger partial charge in [-0.2, -0.15) is 0 Å². The largest absolute Gasteiger partial charge is 0.0591 e. The molecule has 16 heavy (non-hydrogen) atoms. The zero-order chi connectivity index (χ0) is 11.5. The monoisotopic (exact) mass is 223 g/mol. The minimum absolute atomic E-state index is 1.40. The van der Waals surface area contributed by atoms with Crippen LogP contribution in [0.1, 0.15) is 96.8 Å². The van der Waals surface area contributed by atoms with Crippen LogP contribution in [0.4, 0.5) is 0 Å². The van der Waals surface area contributed by atoms with E-state index in [9.17, 15) is 0 Å². The average Bonchev–Trinajstić information content (AvgIpc) is 2.29. The molecule has 0 aromatic rings. The van der Waals surface area contributed by atoms with Gasteiger partial charge in [0.15, 0.2) is 0 Å². The van der Waals surface area contributed by atoms with Crippen molar-refractivity contribution >= 4 is 0 Å². The number of hydrogen-bond acceptors (Lipinski definition) is 0. The third kappa shape index (κ3) is 8.19. The van der Waals surface area contributed by atoms with E-state index in [1.54, 1.807) is 5.92 Å². The predicted molar refractivity (Wildman–Crippen MR) is 73.6 cm³/mol. The van der Waals surface area contributed by atoms with E-state index >= 15 is 0 Å². The van der Waals surface area contributed by atoms with Gasteiger partial charge in [-0.05, 0) is 18.8 Å². The van der Waals surface area contributed by atoms with Crippen molar-refractivity contribution in [1.29, 1.82) is 0 Å². The maximum Gasteiger partial charge on any atom is -0.0272 e. The van der Waals surface area contributed by atoms with E-state index in [4.69, 9.17) is 0 Å². The van der Waals surface area contributed by atoms with Gasteiger partial charge in [-0.3, -0.25) is 0 Å². The van der Waals surface area contributed by atoms with Gasteiger partial charge in [-0.15, -0.1) is 0 Å². The highest BCUT2D eigenvalue weighted by atomic mass is 14.1. The molecule has 0 aromatic heterocycles. The highest BCUT2D eigenvalue weighted by Gasteiger charge is 2.03. The molecule has 95 valence electrons. The Hall–Kier alpha value is 0. The number of rotatable bonds is 0. The van der Waals surface area contributed by atoms with Gasteiger partial charge in [-0.25, -0.2) is 0 Å². The second-order valence-electron chi connectivity index (χ2n) is 5.70. The molecule has 0 heteroatoms. The van der Waals surface area contributed by atoms with Gasteiger partial charge >= 0.3 is 0 Å². The number of hydrogen-bond donors (Lipinski definition) is 0. The Balaban J connectivity index is 2.10. The lowest BCUT2D eigenvalue weighted by Gasteiger charge is -2.10. The van der Waals surface area contributed by atoms with Crippen molar-refractivity contribution in [3.8, 4) is 0 Å². The summed E-state index contributed by atoms with van der Waals surface area (Å²) in [6.07, 6.45) is 20.5. The zero-order valence-corrected chi connectivity index (χ0v) is 11.4. The molecule has 0 saturated heterocycles. The Bertz CT molecular complexity index is 123. The molecule has 0 bridgehead atoms. The van der Waals surface area contributed by atoms with Crippen LogP contribution >= 0.6 is 0 Å². The van der Waals surface area contributed by atoms with Crippen LogP contribution in [-0.2, 0) is 0 Å². The van der Waals surface area contributed by atoms with Gasteiger partial charge < -0.3 is 0 Å². The predicted octanol–water partition coefficient (Wildman–Crippen LogP) is 6.06. The summed E-state index contributed by atoms with van der Waals surface area (Å²) in [4.78, 5) is 0. The van der Waals surface area contributed by atoms with Crippen molar-refractivity contribution in [2.75, 3.05) is 0 Å². The standard InChI is InChI=1S/C16H31/c1-16-14-12-10-8-6-4-2-3-5-7-9-11-13-15-16/h2-15H2,1H3. The van der Waals surface area contributed by atoms with Crippen molar-refractivity contribution in [3.63, 3.8) is 0 Å². The molecule has 0 heterocycles. The van der Waals surface area contributed by atoms with Crippen LogP contribution in [0.25, 0.3) is 0 Å². The molecule has 0 unspecified atom stereocenters. The SMILES string of the molecule is C[C]1CCCCCCCCCCCCCC1. The molecule has 1 rings (SSSR count). The fourth-order valence-electron chi connectivity index (χ4n) is 2.75. The first-order chi connectivity index (χ1) is 7.89. The Morgan fingerprint density at radius 2 is 0.688 bits per heavy atom. The van der Waals surface area contributed by atoms with Crippen LogP contribution in [0.3, 0.4) is 0 Å². The van der Waals surface area contributed by atoms with Crippen LogP contribution in [0.2, 0.25) is 0 Å². The summed E-state index contributed by atoms with van der Waals surface area (Å²) in [6.45, 7) is 2.37. The van der Waals surface area contributed by atoms with Crippen molar-refractivity contribution in [3.05, 3.63) is 5.92 Å². The minimum atomic E-state index is 1.40. The lowest BCUT2D eigenvalue weighted by Crippen LogP contribution is -1.92. The van der Waals surface area contributed by atoms with Gasteiger partial charge in [0.05, 0.1) is 0 Å². The van der Waals surface area contributed by atoms with E-state index < -0.39 is 0 Å². The van der Waals surface area contributed by atoms with Crippen LogP contribution in [-0.4, -0.2) is 0 Å². The van der Waals surface area contributed by atoms with Gasteiger partial charge in [0.25, 0.3) is 0 Å². The Morgan fingerprint density at radius 3 is 1.00 bits per heavy atom. The molecule has 1 radical (unpaired) electrons. The zero-order valence-electron chi connectivity index (χ0n) is 11.4. The van der Waals surface area contributed by atoms with Crippen LogP contribution in [0, 0.1) is 5.92 Å². The molecule has 0 N–H and O–H groups in total. The lowest BCUT2D eigenvalue weighted by molar-refractivity contribution is 0.548. The molecule has 0 nitrogen and oxygen atoms in total. The van der Waals surface area contributed by atoms with Crippen molar-refractivity contribution < 1.29 is 0 Å². The van der Waals surface area contributed by atoms with Crippen molar-refractivity contribution in [2.24, 2.45) is 0 Å². The molecule has 1 fully saturated rings. The summed E-state index contributed by atoms with van der Waals surface area (Å²) in [7, 11) is 0. The van der Waals surface area contributed by atoms with E-state index in [1.807, 2.05) is 0 Å². The Morgan fingerprint density at radius 1 is 0.438 bits per heavy atom. The van der Waals surface area contributed by atoms with E-state index in [-0.39, 0.29) is 0 Å². The fraction of sp³-hybridized carbons (Fsp3) is 0.938. The van der Waals surface area contributed by atoms with E-state index in [0.29, 0.717) is 0 Å². The van der Waals surface area contributed by atoms with Gasteiger partial charge in [0, 0.05) is 0 Å². The maximum atomic E-state index is 2.37. The Kier molecular flexibility index (Phi) is 8.94. The first-order valence-electron chi connectivity index (χ1n) is 7.71. The average molecular weight is 223 g/mol. The molecule has 1 aliphatic rings. The van der Waals surface area contributed by atoms with Crippen LogP contribution in [0.5, 0.6) is 0 Å². The highest BCUT2D eigenvalue weighted by molar-refractivity contribution is 4.83. The summed E-state index contributed by atoms with van der Waals surface area (Å²) in [6, 6.07) is 0. The molecule has 0 atom stereocenters. The van der Waals surface area contributed by atoms with E-state index in [0.717, 1.165) is 0 Å². The summed E-state index contributed by atoms with van der Waals surface area (Å²) in [5.74, 6) is 1.76. The second kappa shape index (κ2) is 10.2. The maximum absolute atomic E-state index is 2.37. The summed E-state index contributed by atoms with van der Waals surface area (Å²) in [5.41, 5.74) is 0. The van der Waals surface area contributed by atoms with Gasteiger partial charge in [0.2, 0.25) is 0 Å². The summed E-state index contributed by atoms with van der Waals surface area (Å²) in [5, 5.41) is 0. The molecule has 1 saturated carbocycles. The fourth-order valence-corrected chi connectivity index (χ4v) is 2.75. The third-order valence-electron chi connectivity index (χ3n) is 3.96. The molecule has 0 spiro atoms. The van der Waals surface area contributed by atoms with Gasteiger partial charge in [0.1, 0.15) is 0 Å². The molecule has 0 aromatic carbocycles. The molecule has 0 amide bonds. The highest BCUT2D eigenvalue weighted by Crippen LogP contribution is 2.21. The lowest BCUT2D eigenvalue weighted by atomic mass is 9.96. The normalized spacial score (nSPS) is 24.6. The van der Waals surface area contributed by atoms with Crippen molar-refractivity contribution in [1.82, 2.24) is 0 Å². The minimum Gasteiger partial charge on any atom is -0.0591 e. The smallest absolute Gasteiger partial charge is 0.0272 e. The Labute approximate surface area is 103 Å². The van der Waals surface area contributed by atoms with E-state index in [2.05, 4.69) is 6.92 Å². The molecule has 0 aliphatic heterocycles. The van der Waals surface area contributed by atoms with Crippen LogP contribution < -0.4 is 0 Å².